The molecule has 0 aliphatic heterocycles. The first-order valence-corrected chi connectivity index (χ1v) is 5.59. The Hall–Kier alpha value is -2.44. The van der Waals surface area contributed by atoms with Gasteiger partial charge in [-0.15, -0.1) is 0 Å². The Morgan fingerprint density at radius 2 is 2.11 bits per heavy atom. The standard InChI is InChI=1S/C12H13N3O4/c1-6-4-8(12(18)19-3)10-7(2)14-15(5-9(16)17)11(10)13-6/h4H,5H2,1-3H3,(H,16,17). The van der Waals surface area contributed by atoms with Crippen LogP contribution in [-0.2, 0) is 16.1 Å². The van der Waals surface area contributed by atoms with Crippen LogP contribution in [0.5, 0.6) is 0 Å². The van der Waals surface area contributed by atoms with Crippen molar-refractivity contribution in [1.29, 1.82) is 0 Å². The van der Waals surface area contributed by atoms with Crippen LogP contribution in [0.3, 0.4) is 0 Å². The predicted octanol–water partition coefficient (Wildman–Crippen LogP) is 0.919. The highest BCUT2D eigenvalue weighted by Crippen LogP contribution is 2.22. The molecule has 2 rings (SSSR count). The maximum atomic E-state index is 11.8. The van der Waals surface area contributed by atoms with E-state index >= 15 is 0 Å². The molecule has 0 bridgehead atoms. The lowest BCUT2D eigenvalue weighted by atomic mass is 10.1. The van der Waals surface area contributed by atoms with Crippen molar-refractivity contribution in [2.75, 3.05) is 7.11 Å². The highest BCUT2D eigenvalue weighted by atomic mass is 16.5. The van der Waals surface area contributed by atoms with E-state index in [0.717, 1.165) is 0 Å². The largest absolute Gasteiger partial charge is 0.480 e. The van der Waals surface area contributed by atoms with E-state index in [9.17, 15) is 9.59 Å². The molecule has 0 saturated heterocycles. The van der Waals surface area contributed by atoms with E-state index in [1.807, 2.05) is 0 Å². The number of hydrogen-bond donors (Lipinski definition) is 1. The summed E-state index contributed by atoms with van der Waals surface area (Å²) in [5, 5.41) is 13.5. The number of nitrogens with zero attached hydrogens (tertiary/aromatic N) is 3. The molecule has 0 radical (unpaired) electrons. The molecule has 19 heavy (non-hydrogen) atoms. The molecule has 2 heterocycles. The van der Waals surface area contributed by atoms with E-state index in [2.05, 4.69) is 10.1 Å². The summed E-state index contributed by atoms with van der Waals surface area (Å²) >= 11 is 0. The fraction of sp³-hybridized carbons (Fsp3) is 0.333. The van der Waals surface area contributed by atoms with Gasteiger partial charge in [0.25, 0.3) is 0 Å². The lowest BCUT2D eigenvalue weighted by Crippen LogP contribution is -2.11. The molecule has 7 nitrogen and oxygen atoms in total. The zero-order chi connectivity index (χ0) is 14.2. The van der Waals surface area contributed by atoms with Crippen LogP contribution in [0.2, 0.25) is 0 Å². The molecule has 100 valence electrons. The number of aryl methyl sites for hydroxylation is 2. The summed E-state index contributed by atoms with van der Waals surface area (Å²) in [5.41, 5.74) is 1.86. The smallest absolute Gasteiger partial charge is 0.338 e. The van der Waals surface area contributed by atoms with E-state index in [-0.39, 0.29) is 6.54 Å². The Labute approximate surface area is 108 Å². The third kappa shape index (κ3) is 2.26. The third-order valence-corrected chi connectivity index (χ3v) is 2.70. The number of carbonyl (C=O) groups is 2. The highest BCUT2D eigenvalue weighted by Gasteiger charge is 2.19. The molecular weight excluding hydrogens is 250 g/mol. The number of hydrogen-bond acceptors (Lipinski definition) is 5. The van der Waals surface area contributed by atoms with Crippen LogP contribution in [0.25, 0.3) is 11.0 Å². The fourth-order valence-electron chi connectivity index (χ4n) is 1.99. The van der Waals surface area contributed by atoms with E-state index in [1.165, 1.54) is 11.8 Å². The van der Waals surface area contributed by atoms with Crippen molar-refractivity contribution in [3.05, 3.63) is 23.0 Å². The average molecular weight is 263 g/mol. The molecule has 0 aliphatic rings. The summed E-state index contributed by atoms with van der Waals surface area (Å²) in [5.74, 6) is -1.51. The molecule has 0 unspecified atom stereocenters. The van der Waals surface area contributed by atoms with Crippen LogP contribution in [0.15, 0.2) is 6.07 Å². The monoisotopic (exact) mass is 263 g/mol. The minimum atomic E-state index is -1.02. The summed E-state index contributed by atoms with van der Waals surface area (Å²) in [7, 11) is 1.29. The minimum Gasteiger partial charge on any atom is -0.480 e. The number of pyridine rings is 1. The zero-order valence-electron chi connectivity index (χ0n) is 10.8. The quantitative estimate of drug-likeness (QED) is 0.827. The lowest BCUT2D eigenvalue weighted by molar-refractivity contribution is -0.137. The van der Waals surface area contributed by atoms with Gasteiger partial charge in [0.15, 0.2) is 5.65 Å². The highest BCUT2D eigenvalue weighted by molar-refractivity contribution is 6.03. The number of esters is 1. The summed E-state index contributed by atoms with van der Waals surface area (Å²) in [6.45, 7) is 3.12. The number of aliphatic carboxylic acids is 1. The van der Waals surface area contributed by atoms with Crippen molar-refractivity contribution in [3.63, 3.8) is 0 Å². The van der Waals surface area contributed by atoms with Crippen molar-refractivity contribution in [1.82, 2.24) is 14.8 Å². The Balaban J connectivity index is 2.75. The number of ether oxygens (including phenoxy) is 1. The first-order chi connectivity index (χ1) is 8.93. The van der Waals surface area contributed by atoms with Gasteiger partial charge in [-0.25, -0.2) is 14.5 Å². The summed E-state index contributed by atoms with van der Waals surface area (Å²) in [4.78, 5) is 26.8. The van der Waals surface area contributed by atoms with Crippen LogP contribution < -0.4 is 0 Å². The Morgan fingerprint density at radius 1 is 1.42 bits per heavy atom. The van der Waals surface area contributed by atoms with Crippen molar-refractivity contribution >= 4 is 23.0 Å². The van der Waals surface area contributed by atoms with Crippen LogP contribution in [0, 0.1) is 13.8 Å². The Morgan fingerprint density at radius 3 is 2.68 bits per heavy atom. The number of methoxy groups -OCH3 is 1. The molecular formula is C12H13N3O4. The van der Waals surface area contributed by atoms with Gasteiger partial charge in [0.05, 0.1) is 23.8 Å². The van der Waals surface area contributed by atoms with Crippen LogP contribution in [0.1, 0.15) is 21.7 Å². The number of fused-ring (bicyclic) bond motifs is 1. The van der Waals surface area contributed by atoms with E-state index in [4.69, 9.17) is 9.84 Å². The van der Waals surface area contributed by atoms with Gasteiger partial charge in [0.1, 0.15) is 6.54 Å². The normalized spacial score (nSPS) is 10.7. The van der Waals surface area contributed by atoms with Gasteiger partial charge in [-0.2, -0.15) is 5.10 Å². The van der Waals surface area contributed by atoms with Gasteiger partial charge in [0, 0.05) is 5.69 Å². The SMILES string of the molecule is COC(=O)c1cc(C)nc2c1c(C)nn2CC(=O)O. The average Bonchev–Trinajstić information content (AvgIpc) is 2.63. The lowest BCUT2D eigenvalue weighted by Gasteiger charge is -2.04. The maximum Gasteiger partial charge on any atom is 0.338 e. The molecule has 0 fully saturated rings. The van der Waals surface area contributed by atoms with Gasteiger partial charge in [-0.05, 0) is 19.9 Å². The molecule has 0 spiro atoms. The van der Waals surface area contributed by atoms with Crippen LogP contribution in [0.4, 0.5) is 0 Å². The number of aromatic nitrogens is 3. The molecule has 2 aromatic rings. The molecule has 2 aromatic heterocycles. The van der Waals surface area contributed by atoms with Gasteiger partial charge in [0.2, 0.25) is 0 Å². The summed E-state index contributed by atoms with van der Waals surface area (Å²) in [6.07, 6.45) is 0. The van der Waals surface area contributed by atoms with Gasteiger partial charge >= 0.3 is 11.9 Å². The zero-order valence-corrected chi connectivity index (χ0v) is 10.8. The van der Waals surface area contributed by atoms with Gasteiger partial charge < -0.3 is 9.84 Å². The second-order valence-corrected chi connectivity index (χ2v) is 4.14. The van der Waals surface area contributed by atoms with Gasteiger partial charge in [-0.3, -0.25) is 4.79 Å². The van der Waals surface area contributed by atoms with E-state index < -0.39 is 11.9 Å². The number of carbonyl (C=O) groups excluding carboxylic acids is 1. The molecule has 0 saturated carbocycles. The molecule has 0 atom stereocenters. The third-order valence-electron chi connectivity index (χ3n) is 2.70. The Kier molecular flexibility index (Phi) is 3.20. The van der Waals surface area contributed by atoms with E-state index in [1.54, 1.807) is 19.9 Å². The predicted molar refractivity (Wildman–Crippen MR) is 66.0 cm³/mol. The number of carboxylic acid groups (broad SMARTS) is 1. The summed E-state index contributed by atoms with van der Waals surface area (Å²) in [6, 6.07) is 1.61. The molecule has 7 heteroatoms. The molecule has 0 amide bonds. The van der Waals surface area contributed by atoms with E-state index in [0.29, 0.717) is 28.0 Å². The maximum absolute atomic E-state index is 11.8. The summed E-state index contributed by atoms with van der Waals surface area (Å²) < 4.78 is 5.99. The molecule has 1 N–H and O–H groups in total. The molecule has 0 aromatic carbocycles. The van der Waals surface area contributed by atoms with Gasteiger partial charge in [-0.1, -0.05) is 0 Å². The minimum absolute atomic E-state index is 0.304. The number of rotatable bonds is 3. The van der Waals surface area contributed by atoms with Crippen molar-refractivity contribution in [2.24, 2.45) is 0 Å². The topological polar surface area (TPSA) is 94.3 Å². The van der Waals surface area contributed by atoms with Crippen LogP contribution in [-0.4, -0.2) is 38.9 Å². The van der Waals surface area contributed by atoms with Crippen molar-refractivity contribution in [3.8, 4) is 0 Å². The molecule has 0 aliphatic carbocycles. The first kappa shape index (κ1) is 13.0. The fourth-order valence-corrected chi connectivity index (χ4v) is 1.99. The second kappa shape index (κ2) is 4.68. The van der Waals surface area contributed by atoms with Crippen molar-refractivity contribution < 1.29 is 19.4 Å². The van der Waals surface area contributed by atoms with Crippen LogP contribution >= 0.6 is 0 Å². The first-order valence-electron chi connectivity index (χ1n) is 5.59. The Bertz CT molecular complexity index is 675. The van der Waals surface area contributed by atoms with Crippen molar-refractivity contribution in [2.45, 2.75) is 20.4 Å². The second-order valence-electron chi connectivity index (χ2n) is 4.14. The number of carboxylic acids is 1.